The Labute approximate surface area is 336 Å². The lowest BCUT2D eigenvalue weighted by molar-refractivity contribution is -0.137. The van der Waals surface area contributed by atoms with Gasteiger partial charge < -0.3 is 30.4 Å². The van der Waals surface area contributed by atoms with E-state index in [0.717, 1.165) is 70.6 Å². The lowest BCUT2D eigenvalue weighted by Gasteiger charge is -2.28. The first kappa shape index (κ1) is 38.0. The van der Waals surface area contributed by atoms with Gasteiger partial charge in [0.2, 0.25) is 23.6 Å². The van der Waals surface area contributed by atoms with E-state index >= 15 is 0 Å². The van der Waals surface area contributed by atoms with Crippen molar-refractivity contribution < 1.29 is 19.2 Å². The first-order valence-electron chi connectivity index (χ1n) is 19.7. The highest BCUT2D eigenvalue weighted by Crippen LogP contribution is 2.36. The van der Waals surface area contributed by atoms with E-state index in [-0.39, 0.29) is 35.7 Å². The van der Waals surface area contributed by atoms with Crippen LogP contribution in [0.5, 0.6) is 0 Å². The summed E-state index contributed by atoms with van der Waals surface area (Å²) in [5.74, 6) is 0.579. The molecule has 2 fully saturated rings. The molecule has 0 bridgehead atoms. The van der Waals surface area contributed by atoms with E-state index in [0.29, 0.717) is 24.7 Å². The van der Waals surface area contributed by atoms with E-state index in [1.165, 1.54) is 13.8 Å². The Morgan fingerprint density at radius 1 is 0.569 bits per heavy atom. The maximum Gasteiger partial charge on any atom is 0.250 e. The van der Waals surface area contributed by atoms with Gasteiger partial charge in [-0.2, -0.15) is 0 Å². The van der Waals surface area contributed by atoms with E-state index in [2.05, 4.69) is 25.6 Å². The van der Waals surface area contributed by atoms with Crippen LogP contribution in [0.3, 0.4) is 0 Å². The van der Waals surface area contributed by atoms with Crippen molar-refractivity contribution in [2.45, 2.75) is 63.7 Å². The smallest absolute Gasteiger partial charge is 0.250 e. The molecule has 0 unspecified atom stereocenters. The number of aromatic nitrogens is 5. The van der Waals surface area contributed by atoms with Gasteiger partial charge in [-0.1, -0.05) is 84.9 Å². The summed E-state index contributed by atoms with van der Waals surface area (Å²) in [6.07, 6.45) is 8.59. The number of H-pyrrole nitrogens is 2. The first-order chi connectivity index (χ1) is 28.2. The van der Waals surface area contributed by atoms with Crippen LogP contribution in [0.1, 0.15) is 86.5 Å². The molecule has 0 saturated carbocycles. The van der Waals surface area contributed by atoms with E-state index < -0.39 is 12.1 Å². The first-order valence-corrected chi connectivity index (χ1v) is 19.7. The molecule has 3 aromatic carbocycles. The predicted molar refractivity (Wildman–Crippen MR) is 218 cm³/mol. The molecule has 13 heteroatoms. The van der Waals surface area contributed by atoms with E-state index in [9.17, 15) is 19.2 Å². The second-order valence-corrected chi connectivity index (χ2v) is 14.8. The Morgan fingerprint density at radius 3 is 1.47 bits per heavy atom. The van der Waals surface area contributed by atoms with E-state index in [1.807, 2.05) is 113 Å². The molecule has 0 radical (unpaired) electrons. The van der Waals surface area contributed by atoms with Gasteiger partial charge in [0.25, 0.3) is 0 Å². The standard InChI is InChI=1S/C45H45N9O4/c1-28(55)49-40(32-11-5-3-6-12-32)44(57)53-23-9-15-38(53)42-47-26-36(51-42)31-19-17-30(18-20-31)35-22-21-34(25-46-35)37-27-48-43(52-37)39-16-10-24-54(39)45(58)41(50-29(2)56)33-13-7-4-8-14-33/h3-8,11-14,17-22,25-27,38-41H,9-10,15-16,23-24H2,1-2H3,(H,47,51)(H,48,52)(H,49,55)(H,50,56)/t38-,39-,40-,41+/m0/s1. The quantitative estimate of drug-likeness (QED) is 0.115. The number of amides is 4. The van der Waals surface area contributed by atoms with Gasteiger partial charge in [0.15, 0.2) is 0 Å². The summed E-state index contributed by atoms with van der Waals surface area (Å²) in [7, 11) is 0. The fourth-order valence-electron chi connectivity index (χ4n) is 8.08. The van der Waals surface area contributed by atoms with Crippen molar-refractivity contribution in [1.82, 2.24) is 45.4 Å². The molecule has 0 aliphatic carbocycles. The topological polar surface area (TPSA) is 169 Å². The summed E-state index contributed by atoms with van der Waals surface area (Å²) in [6.45, 7) is 4.01. The van der Waals surface area contributed by atoms with Crippen LogP contribution in [-0.2, 0) is 19.2 Å². The van der Waals surface area contributed by atoms with Crippen LogP contribution in [0.25, 0.3) is 33.8 Å². The van der Waals surface area contributed by atoms with Gasteiger partial charge >= 0.3 is 0 Å². The third-order valence-corrected chi connectivity index (χ3v) is 10.9. The number of hydrogen-bond acceptors (Lipinski definition) is 7. The fourth-order valence-corrected chi connectivity index (χ4v) is 8.08. The molecule has 58 heavy (non-hydrogen) atoms. The maximum absolute atomic E-state index is 13.8. The second-order valence-electron chi connectivity index (χ2n) is 14.8. The highest BCUT2D eigenvalue weighted by molar-refractivity contribution is 5.89. The zero-order valence-electron chi connectivity index (χ0n) is 32.4. The zero-order chi connectivity index (χ0) is 40.2. The minimum Gasteiger partial charge on any atom is -0.341 e. The Balaban J connectivity index is 0.929. The van der Waals surface area contributed by atoms with Crippen LogP contribution in [0.2, 0.25) is 0 Å². The third kappa shape index (κ3) is 8.01. The molecule has 0 spiro atoms. The molecule has 2 saturated heterocycles. The van der Waals surface area contributed by atoms with Gasteiger partial charge in [-0.05, 0) is 54.5 Å². The average molecular weight is 776 g/mol. The molecular formula is C45H45N9O4. The van der Waals surface area contributed by atoms with Gasteiger partial charge in [-0.25, -0.2) is 9.97 Å². The molecule has 6 aromatic rings. The maximum atomic E-state index is 13.8. The van der Waals surface area contributed by atoms with Gasteiger partial charge in [0, 0.05) is 44.3 Å². The molecular weight excluding hydrogens is 731 g/mol. The largest absolute Gasteiger partial charge is 0.341 e. The molecule has 294 valence electrons. The predicted octanol–water partition coefficient (Wildman–Crippen LogP) is 6.61. The molecule has 2 aliphatic rings. The van der Waals surface area contributed by atoms with Crippen LogP contribution in [0.15, 0.2) is 116 Å². The Kier molecular flexibility index (Phi) is 10.9. The molecule has 3 aromatic heterocycles. The number of imidazole rings is 2. The van der Waals surface area contributed by atoms with Crippen LogP contribution in [-0.4, -0.2) is 71.4 Å². The highest BCUT2D eigenvalue weighted by Gasteiger charge is 2.38. The number of nitrogens with zero attached hydrogens (tertiary/aromatic N) is 5. The van der Waals surface area contributed by atoms with Crippen molar-refractivity contribution in [3.05, 3.63) is 138 Å². The van der Waals surface area contributed by atoms with Crippen LogP contribution >= 0.6 is 0 Å². The van der Waals surface area contributed by atoms with E-state index in [4.69, 9.17) is 9.97 Å². The second kappa shape index (κ2) is 16.7. The van der Waals surface area contributed by atoms with Gasteiger partial charge in [0.1, 0.15) is 23.7 Å². The van der Waals surface area contributed by atoms with Crippen molar-refractivity contribution in [1.29, 1.82) is 0 Å². The minimum atomic E-state index is -0.770. The Bertz CT molecular complexity index is 2220. The van der Waals surface area contributed by atoms with Crippen molar-refractivity contribution >= 4 is 23.6 Å². The summed E-state index contributed by atoms with van der Waals surface area (Å²) in [5.41, 5.74) is 6.70. The number of nitrogens with one attached hydrogen (secondary N) is 4. The van der Waals surface area contributed by atoms with Gasteiger partial charge in [0.05, 0.1) is 41.6 Å². The molecule has 2 aliphatic heterocycles. The molecule has 4 atom stereocenters. The van der Waals surface area contributed by atoms with E-state index in [1.54, 1.807) is 12.4 Å². The van der Waals surface area contributed by atoms with Gasteiger partial charge in [-0.15, -0.1) is 0 Å². The molecule has 13 nitrogen and oxygen atoms in total. The van der Waals surface area contributed by atoms with Crippen LogP contribution in [0.4, 0.5) is 0 Å². The lowest BCUT2D eigenvalue weighted by atomic mass is 10.0. The van der Waals surface area contributed by atoms with Crippen molar-refractivity contribution in [2.75, 3.05) is 13.1 Å². The van der Waals surface area contributed by atoms with Crippen molar-refractivity contribution in [3.8, 4) is 33.8 Å². The Morgan fingerprint density at radius 2 is 1.02 bits per heavy atom. The van der Waals surface area contributed by atoms with Crippen LogP contribution in [0, 0.1) is 0 Å². The third-order valence-electron chi connectivity index (χ3n) is 10.9. The molecule has 5 heterocycles. The SMILES string of the molecule is CC(=O)N[C@H](C(=O)N1CCC[C@H]1c1ncc(-c2ccc(-c3ccc(-c4cnc([C@@H]5CCCN5C(=O)[C@H](NC(C)=O)c5ccccc5)[nH]4)cn3)cc2)[nH]1)c1ccccc1. The summed E-state index contributed by atoms with van der Waals surface area (Å²) in [6, 6.07) is 28.7. The monoisotopic (exact) mass is 775 g/mol. The normalized spacial score (nSPS) is 17.5. The number of carbonyl (C=O) groups is 4. The highest BCUT2D eigenvalue weighted by atomic mass is 16.2. The molecule has 8 rings (SSSR count). The number of pyridine rings is 1. The summed E-state index contributed by atoms with van der Waals surface area (Å²) in [5, 5.41) is 5.68. The number of carbonyl (C=O) groups excluding carboxylic acids is 4. The summed E-state index contributed by atoms with van der Waals surface area (Å²) >= 11 is 0. The summed E-state index contributed by atoms with van der Waals surface area (Å²) < 4.78 is 0. The number of aromatic amines is 2. The average Bonchev–Trinajstić information content (AvgIpc) is 4.09. The Hall–Kier alpha value is -6.89. The number of rotatable bonds is 11. The minimum absolute atomic E-state index is 0.151. The zero-order valence-corrected chi connectivity index (χ0v) is 32.4. The van der Waals surface area contributed by atoms with Gasteiger partial charge in [-0.3, -0.25) is 24.2 Å². The fraction of sp³-hybridized carbons (Fsp3) is 0.267. The van der Waals surface area contributed by atoms with Crippen molar-refractivity contribution in [2.24, 2.45) is 0 Å². The number of likely N-dealkylation sites (tertiary alicyclic amines) is 2. The van der Waals surface area contributed by atoms with Crippen LogP contribution < -0.4 is 10.6 Å². The molecule has 4 N–H and O–H groups in total. The molecule has 4 amide bonds. The lowest BCUT2D eigenvalue weighted by Crippen LogP contribution is -2.42. The van der Waals surface area contributed by atoms with Crippen molar-refractivity contribution in [3.63, 3.8) is 0 Å². The number of benzene rings is 3. The number of hydrogen-bond donors (Lipinski definition) is 4. The summed E-state index contributed by atoms with van der Waals surface area (Å²) in [4.78, 5) is 76.4.